The molecule has 5 heteroatoms. The van der Waals surface area contributed by atoms with Crippen LogP contribution in [0, 0.1) is 0 Å². The van der Waals surface area contributed by atoms with Crippen molar-refractivity contribution in [3.63, 3.8) is 0 Å². The molecule has 1 aromatic heterocycles. The van der Waals surface area contributed by atoms with E-state index in [-0.39, 0.29) is 9.70 Å². The topological polar surface area (TPSA) is 30.0 Å². The Hall–Kier alpha value is -0.190. The first-order valence-corrected chi connectivity index (χ1v) is 5.31. The van der Waals surface area contributed by atoms with Crippen LogP contribution >= 0.6 is 36.0 Å². The molecule has 0 aliphatic rings. The number of rotatable bonds is 2. The summed E-state index contributed by atoms with van der Waals surface area (Å²) in [4.78, 5) is 14.8. The highest BCUT2D eigenvalue weighted by atomic mass is 35.5. The van der Waals surface area contributed by atoms with Crippen molar-refractivity contribution in [1.29, 1.82) is 0 Å². The first-order valence-electron chi connectivity index (χ1n) is 3.60. The monoisotopic (exact) mass is 233 g/mol. The second-order valence-electron chi connectivity index (χ2n) is 2.43. The van der Waals surface area contributed by atoms with Crippen LogP contribution in [0.4, 0.5) is 4.79 Å². The standard InChI is InChI=1S/C8H8ClNOS2/c1-5(13-8(11)12)7-3-2-6(9)4-10-7/h2-5H,1H3,(H,11,12). The predicted molar refractivity (Wildman–Crippen MR) is 59.6 cm³/mol. The van der Waals surface area contributed by atoms with Crippen LogP contribution in [0.15, 0.2) is 18.3 Å². The van der Waals surface area contributed by atoms with Gasteiger partial charge >= 0.3 is 0 Å². The van der Waals surface area contributed by atoms with Crippen molar-refractivity contribution in [3.8, 4) is 0 Å². The number of thiol groups is 1. The third-order valence-corrected chi connectivity index (χ3v) is 2.78. The van der Waals surface area contributed by atoms with Crippen LogP contribution in [0.2, 0.25) is 5.02 Å². The fourth-order valence-electron chi connectivity index (χ4n) is 0.839. The molecule has 1 rings (SSSR count). The molecule has 0 saturated carbocycles. The summed E-state index contributed by atoms with van der Waals surface area (Å²) in [5, 5.41) is 0.611. The quantitative estimate of drug-likeness (QED) is 0.792. The number of halogens is 1. The summed E-state index contributed by atoms with van der Waals surface area (Å²) in [6.07, 6.45) is 1.57. The first kappa shape index (κ1) is 10.9. The van der Waals surface area contributed by atoms with Gasteiger partial charge < -0.3 is 0 Å². The third-order valence-electron chi connectivity index (χ3n) is 1.44. The van der Waals surface area contributed by atoms with E-state index in [1.807, 2.05) is 6.92 Å². The fourth-order valence-corrected chi connectivity index (χ4v) is 1.99. The molecule has 0 aliphatic heterocycles. The minimum Gasteiger partial charge on any atom is -0.275 e. The zero-order valence-corrected chi connectivity index (χ0v) is 9.37. The van der Waals surface area contributed by atoms with Crippen molar-refractivity contribution >= 4 is 40.4 Å². The second-order valence-corrected chi connectivity index (χ2v) is 4.89. The van der Waals surface area contributed by atoms with Crippen molar-refractivity contribution in [3.05, 3.63) is 29.0 Å². The third kappa shape index (κ3) is 3.58. The molecule has 13 heavy (non-hydrogen) atoms. The lowest BCUT2D eigenvalue weighted by molar-refractivity contribution is 0.277. The van der Waals surface area contributed by atoms with Crippen molar-refractivity contribution in [1.82, 2.24) is 4.98 Å². The van der Waals surface area contributed by atoms with E-state index in [0.717, 1.165) is 17.5 Å². The molecule has 70 valence electrons. The Labute approximate surface area is 91.5 Å². The molecule has 0 aliphatic carbocycles. The molecular weight excluding hydrogens is 226 g/mol. The van der Waals surface area contributed by atoms with Crippen molar-refractivity contribution in [2.24, 2.45) is 0 Å². The summed E-state index contributed by atoms with van der Waals surface area (Å²) in [5.41, 5.74) is 0.830. The van der Waals surface area contributed by atoms with Crippen LogP contribution < -0.4 is 0 Å². The van der Waals surface area contributed by atoms with Gasteiger partial charge in [0.05, 0.1) is 16.0 Å². The number of carbonyl (C=O) groups excluding carboxylic acids is 1. The molecule has 0 radical (unpaired) electrons. The Morgan fingerprint density at radius 3 is 2.85 bits per heavy atom. The van der Waals surface area contributed by atoms with Crippen molar-refractivity contribution in [2.45, 2.75) is 12.2 Å². The molecule has 1 unspecified atom stereocenters. The molecule has 0 bridgehead atoms. The number of nitrogens with zero attached hydrogens (tertiary/aromatic N) is 1. The summed E-state index contributed by atoms with van der Waals surface area (Å²) in [6, 6.07) is 3.56. The van der Waals surface area contributed by atoms with E-state index >= 15 is 0 Å². The van der Waals surface area contributed by atoms with Crippen LogP contribution in [-0.4, -0.2) is 9.43 Å². The number of thioether (sulfide) groups is 1. The van der Waals surface area contributed by atoms with Crippen LogP contribution in [-0.2, 0) is 0 Å². The Bertz CT molecular complexity index is 302. The Morgan fingerprint density at radius 2 is 2.38 bits per heavy atom. The van der Waals surface area contributed by atoms with Crippen LogP contribution in [0.3, 0.4) is 0 Å². The van der Waals surface area contributed by atoms with Crippen LogP contribution in [0.25, 0.3) is 0 Å². The number of hydrogen-bond donors (Lipinski definition) is 1. The SMILES string of the molecule is CC(SC(=O)S)c1ccc(Cl)cn1. The maximum atomic E-state index is 10.7. The molecule has 0 saturated heterocycles. The Balaban J connectivity index is 2.71. The van der Waals surface area contributed by atoms with Gasteiger partial charge in [0.1, 0.15) is 0 Å². The molecule has 2 nitrogen and oxygen atoms in total. The van der Waals surface area contributed by atoms with Crippen molar-refractivity contribution < 1.29 is 4.79 Å². The molecule has 0 fully saturated rings. The maximum absolute atomic E-state index is 10.7. The van der Waals surface area contributed by atoms with Gasteiger partial charge in [-0.05, 0) is 19.1 Å². The molecule has 1 heterocycles. The van der Waals surface area contributed by atoms with Gasteiger partial charge in [-0.25, -0.2) is 0 Å². The molecule has 0 aromatic carbocycles. The minimum absolute atomic E-state index is 0.0160. The molecule has 0 amide bonds. The van der Waals surface area contributed by atoms with Gasteiger partial charge in [0.25, 0.3) is 0 Å². The van der Waals surface area contributed by atoms with E-state index in [1.165, 1.54) is 0 Å². The maximum Gasteiger partial charge on any atom is 0.243 e. The number of hydrogen-bond acceptors (Lipinski definition) is 3. The van der Waals surface area contributed by atoms with E-state index in [4.69, 9.17) is 11.6 Å². The predicted octanol–water partition coefficient (Wildman–Crippen LogP) is 3.58. The fraction of sp³-hybridized carbons (Fsp3) is 0.250. The van der Waals surface area contributed by atoms with Gasteiger partial charge in [0, 0.05) is 6.20 Å². The smallest absolute Gasteiger partial charge is 0.243 e. The Kier molecular flexibility index (Phi) is 4.09. The zero-order chi connectivity index (χ0) is 9.84. The summed E-state index contributed by atoms with van der Waals surface area (Å²) in [6.45, 7) is 1.90. The van der Waals surface area contributed by atoms with E-state index in [1.54, 1.807) is 18.3 Å². The van der Waals surface area contributed by atoms with E-state index < -0.39 is 0 Å². The van der Waals surface area contributed by atoms with E-state index in [2.05, 4.69) is 17.6 Å². The summed E-state index contributed by atoms with van der Waals surface area (Å²) in [5.74, 6) is 0. The minimum atomic E-state index is -0.204. The highest BCUT2D eigenvalue weighted by Crippen LogP contribution is 2.29. The van der Waals surface area contributed by atoms with Gasteiger partial charge in [-0.3, -0.25) is 9.78 Å². The normalized spacial score (nSPS) is 12.5. The van der Waals surface area contributed by atoms with Gasteiger partial charge in [-0.2, -0.15) is 0 Å². The highest BCUT2D eigenvalue weighted by Gasteiger charge is 2.10. The van der Waals surface area contributed by atoms with Gasteiger partial charge in [0.2, 0.25) is 4.45 Å². The number of pyridine rings is 1. The molecule has 1 aromatic rings. The number of aromatic nitrogens is 1. The zero-order valence-electron chi connectivity index (χ0n) is 6.90. The highest BCUT2D eigenvalue weighted by molar-refractivity contribution is 8.32. The molecule has 0 spiro atoms. The summed E-state index contributed by atoms with van der Waals surface area (Å²) >= 11 is 10.5. The average molecular weight is 234 g/mol. The summed E-state index contributed by atoms with van der Waals surface area (Å²) < 4.78 is -0.204. The molecular formula is C8H8ClNOS2. The first-order chi connectivity index (χ1) is 6.09. The molecule has 1 atom stereocenters. The average Bonchev–Trinajstić information content (AvgIpc) is 2.04. The van der Waals surface area contributed by atoms with Gasteiger partial charge in [0.15, 0.2) is 0 Å². The largest absolute Gasteiger partial charge is 0.275 e. The lowest BCUT2D eigenvalue weighted by Gasteiger charge is -2.06. The lowest BCUT2D eigenvalue weighted by Crippen LogP contribution is -1.93. The Morgan fingerprint density at radius 1 is 1.69 bits per heavy atom. The van der Waals surface area contributed by atoms with Crippen LogP contribution in [0.1, 0.15) is 17.9 Å². The van der Waals surface area contributed by atoms with E-state index in [9.17, 15) is 4.79 Å². The number of carbonyl (C=O) groups is 1. The van der Waals surface area contributed by atoms with Gasteiger partial charge in [-0.15, -0.1) is 0 Å². The second kappa shape index (κ2) is 4.88. The lowest BCUT2D eigenvalue weighted by atomic mass is 10.3. The van der Waals surface area contributed by atoms with Crippen LogP contribution in [0.5, 0.6) is 0 Å². The summed E-state index contributed by atoms with van der Waals surface area (Å²) in [7, 11) is 0. The van der Waals surface area contributed by atoms with E-state index in [0.29, 0.717) is 5.02 Å². The molecule has 0 N–H and O–H groups in total. The van der Waals surface area contributed by atoms with Gasteiger partial charge in [-0.1, -0.05) is 36.0 Å². The van der Waals surface area contributed by atoms with Crippen molar-refractivity contribution in [2.75, 3.05) is 0 Å².